The van der Waals surface area contributed by atoms with Crippen molar-refractivity contribution in [1.82, 2.24) is 4.98 Å². The summed E-state index contributed by atoms with van der Waals surface area (Å²) in [5.41, 5.74) is 7.75. The molecule has 37 heavy (non-hydrogen) atoms. The van der Waals surface area contributed by atoms with Crippen LogP contribution in [0.2, 0.25) is 5.02 Å². The third-order valence-corrected chi connectivity index (χ3v) is 7.58. The number of fused-ring (bicyclic) bond motifs is 5. The summed E-state index contributed by atoms with van der Waals surface area (Å²) in [5, 5.41) is 14.6. The zero-order valence-corrected chi connectivity index (χ0v) is 20.7. The van der Waals surface area contributed by atoms with E-state index in [1.165, 1.54) is 0 Å². The van der Waals surface area contributed by atoms with Crippen LogP contribution in [0.3, 0.4) is 0 Å². The number of benzene rings is 5. The van der Waals surface area contributed by atoms with Crippen LogP contribution in [0.25, 0.3) is 44.4 Å². The van der Waals surface area contributed by atoms with Crippen molar-refractivity contribution in [3.63, 3.8) is 0 Å². The van der Waals surface area contributed by atoms with Crippen molar-refractivity contribution in [2.75, 3.05) is 0 Å². The van der Waals surface area contributed by atoms with Crippen LogP contribution in [0.1, 0.15) is 16.7 Å². The van der Waals surface area contributed by atoms with Crippen LogP contribution >= 0.6 is 11.6 Å². The van der Waals surface area contributed by atoms with E-state index >= 15 is 0 Å². The topological polar surface area (TPSA) is 33.1 Å². The van der Waals surface area contributed by atoms with Crippen LogP contribution in [0.5, 0.6) is 0 Å². The molecule has 7 rings (SSSR count). The number of halogens is 1. The zero-order valence-electron chi connectivity index (χ0n) is 19.9. The molecule has 1 aromatic heterocycles. The minimum Gasteiger partial charge on any atom is -0.376 e. The normalized spacial score (nSPS) is 15.9. The molecule has 0 amide bonds. The molecule has 1 unspecified atom stereocenters. The summed E-state index contributed by atoms with van der Waals surface area (Å²) in [6, 6.07) is 42.5. The van der Waals surface area contributed by atoms with E-state index in [4.69, 9.17) is 16.6 Å². The van der Waals surface area contributed by atoms with Gasteiger partial charge in [-0.2, -0.15) is 0 Å². The zero-order chi connectivity index (χ0) is 25.0. The Morgan fingerprint density at radius 3 is 1.86 bits per heavy atom. The standard InChI is InChI=1S/C34H22ClNO/c35-24-19-20-27-30(21-24)36-33(23-13-5-2-6-14-23)31-26-16-8-10-18-29(26)34(37,32(27)31)28-17-9-7-15-25(28)22-11-3-1-4-12-22/h1-21,37H. The molecular weight excluding hydrogens is 474 g/mol. The van der Waals surface area contributed by atoms with Crippen molar-refractivity contribution >= 4 is 22.5 Å². The van der Waals surface area contributed by atoms with E-state index < -0.39 is 5.60 Å². The Morgan fingerprint density at radius 1 is 0.595 bits per heavy atom. The van der Waals surface area contributed by atoms with Crippen molar-refractivity contribution < 1.29 is 5.11 Å². The molecule has 0 radical (unpaired) electrons. The maximum atomic E-state index is 13.1. The Kier molecular flexibility index (Phi) is 5.00. The van der Waals surface area contributed by atoms with Gasteiger partial charge in [0.05, 0.1) is 11.2 Å². The lowest BCUT2D eigenvalue weighted by Crippen LogP contribution is -2.27. The summed E-state index contributed by atoms with van der Waals surface area (Å²) in [6.45, 7) is 0. The fraction of sp³-hybridized carbons (Fsp3) is 0.0294. The van der Waals surface area contributed by atoms with Gasteiger partial charge in [0, 0.05) is 38.2 Å². The predicted molar refractivity (Wildman–Crippen MR) is 152 cm³/mol. The first-order valence-electron chi connectivity index (χ1n) is 12.3. The van der Waals surface area contributed by atoms with Gasteiger partial charge >= 0.3 is 0 Å². The summed E-state index contributed by atoms with van der Waals surface area (Å²) in [7, 11) is 0. The van der Waals surface area contributed by atoms with Gasteiger partial charge in [0.25, 0.3) is 0 Å². The van der Waals surface area contributed by atoms with Gasteiger partial charge < -0.3 is 5.11 Å². The first-order chi connectivity index (χ1) is 18.2. The summed E-state index contributed by atoms with van der Waals surface area (Å²) in [4.78, 5) is 5.12. The molecule has 1 aliphatic carbocycles. The summed E-state index contributed by atoms with van der Waals surface area (Å²) < 4.78 is 0. The number of hydrogen-bond donors (Lipinski definition) is 1. The number of nitrogens with zero attached hydrogens (tertiary/aromatic N) is 1. The molecular formula is C34H22ClNO. The number of rotatable bonds is 3. The molecule has 1 N–H and O–H groups in total. The molecule has 176 valence electrons. The Bertz CT molecular complexity index is 1800. The van der Waals surface area contributed by atoms with Crippen molar-refractivity contribution in [3.8, 4) is 33.5 Å². The molecule has 0 bridgehead atoms. The third-order valence-electron chi connectivity index (χ3n) is 7.35. The van der Waals surface area contributed by atoms with E-state index in [0.717, 1.165) is 61.1 Å². The van der Waals surface area contributed by atoms with Crippen molar-refractivity contribution in [2.45, 2.75) is 5.60 Å². The highest BCUT2D eigenvalue weighted by molar-refractivity contribution is 6.31. The lowest BCUT2D eigenvalue weighted by Gasteiger charge is -2.30. The van der Waals surface area contributed by atoms with Gasteiger partial charge in [-0.05, 0) is 28.8 Å². The Hall–Kier alpha value is -4.24. The Morgan fingerprint density at radius 2 is 1.16 bits per heavy atom. The number of hydrogen-bond acceptors (Lipinski definition) is 2. The lowest BCUT2D eigenvalue weighted by molar-refractivity contribution is 0.133. The molecule has 0 spiro atoms. The molecule has 1 aliphatic rings. The minimum atomic E-state index is -1.39. The third kappa shape index (κ3) is 3.27. The van der Waals surface area contributed by atoms with Crippen LogP contribution in [-0.2, 0) is 5.60 Å². The van der Waals surface area contributed by atoms with Crippen molar-refractivity contribution in [1.29, 1.82) is 0 Å². The van der Waals surface area contributed by atoms with Gasteiger partial charge in [-0.3, -0.25) is 0 Å². The van der Waals surface area contributed by atoms with Crippen molar-refractivity contribution in [3.05, 3.63) is 149 Å². The second kappa shape index (κ2) is 8.41. The van der Waals surface area contributed by atoms with E-state index in [2.05, 4.69) is 36.4 Å². The second-order valence-electron chi connectivity index (χ2n) is 9.41. The van der Waals surface area contributed by atoms with E-state index in [1.807, 2.05) is 91.0 Å². The van der Waals surface area contributed by atoms with Gasteiger partial charge in [0.2, 0.25) is 0 Å². The molecule has 0 saturated heterocycles. The molecule has 0 fully saturated rings. The fourth-order valence-corrected chi connectivity index (χ4v) is 5.95. The average molecular weight is 496 g/mol. The Balaban J connectivity index is 1.66. The molecule has 2 nitrogen and oxygen atoms in total. The minimum absolute atomic E-state index is 0.614. The van der Waals surface area contributed by atoms with Gasteiger partial charge in [0.15, 0.2) is 0 Å². The lowest BCUT2D eigenvalue weighted by atomic mass is 9.79. The molecule has 1 atom stereocenters. The van der Waals surface area contributed by atoms with Crippen LogP contribution in [0.15, 0.2) is 127 Å². The quantitative estimate of drug-likeness (QED) is 0.267. The molecule has 3 heteroatoms. The highest BCUT2D eigenvalue weighted by Gasteiger charge is 2.47. The fourth-order valence-electron chi connectivity index (χ4n) is 5.78. The predicted octanol–water partition coefficient (Wildman–Crippen LogP) is 8.49. The SMILES string of the molecule is OC1(c2ccccc2-c2ccccc2)c2ccccc2-c2c(-c3ccccc3)nc3cc(Cl)ccc3c21. The molecule has 1 heterocycles. The number of pyridine rings is 1. The van der Waals surface area contributed by atoms with E-state index in [1.54, 1.807) is 0 Å². The van der Waals surface area contributed by atoms with Gasteiger partial charge in [-0.25, -0.2) is 4.98 Å². The average Bonchev–Trinajstić information content (AvgIpc) is 3.23. The summed E-state index contributed by atoms with van der Waals surface area (Å²) in [6.07, 6.45) is 0. The van der Waals surface area contributed by atoms with Crippen LogP contribution in [0, 0.1) is 0 Å². The van der Waals surface area contributed by atoms with Gasteiger partial charge in [0.1, 0.15) is 5.60 Å². The van der Waals surface area contributed by atoms with Gasteiger partial charge in [-0.1, -0.05) is 127 Å². The first kappa shape index (κ1) is 22.0. The van der Waals surface area contributed by atoms with Crippen LogP contribution in [-0.4, -0.2) is 10.1 Å². The largest absolute Gasteiger partial charge is 0.376 e. The second-order valence-corrected chi connectivity index (χ2v) is 9.84. The molecule has 5 aromatic carbocycles. The van der Waals surface area contributed by atoms with Crippen LogP contribution in [0.4, 0.5) is 0 Å². The van der Waals surface area contributed by atoms with Gasteiger partial charge in [-0.15, -0.1) is 0 Å². The summed E-state index contributed by atoms with van der Waals surface area (Å²) >= 11 is 6.45. The Labute approximate surface area is 220 Å². The van der Waals surface area contributed by atoms with Crippen molar-refractivity contribution in [2.24, 2.45) is 0 Å². The smallest absolute Gasteiger partial charge is 0.143 e. The highest BCUT2D eigenvalue weighted by Crippen LogP contribution is 2.57. The molecule has 0 saturated carbocycles. The molecule has 6 aromatic rings. The molecule has 0 aliphatic heterocycles. The first-order valence-corrected chi connectivity index (χ1v) is 12.7. The van der Waals surface area contributed by atoms with E-state index in [-0.39, 0.29) is 0 Å². The maximum Gasteiger partial charge on any atom is 0.143 e. The number of aliphatic hydroxyl groups is 1. The highest BCUT2D eigenvalue weighted by atomic mass is 35.5. The van der Waals surface area contributed by atoms with Crippen LogP contribution < -0.4 is 0 Å². The number of aromatic nitrogens is 1. The van der Waals surface area contributed by atoms with E-state index in [9.17, 15) is 5.11 Å². The van der Waals surface area contributed by atoms with E-state index in [0.29, 0.717) is 5.02 Å². The maximum absolute atomic E-state index is 13.1. The summed E-state index contributed by atoms with van der Waals surface area (Å²) in [5.74, 6) is 0. The monoisotopic (exact) mass is 495 g/mol.